The number of carbonyl (C=O) groups excluding carboxylic acids is 2. The van der Waals surface area contributed by atoms with Crippen LogP contribution in [-0.2, 0) is 9.59 Å². The van der Waals surface area contributed by atoms with E-state index in [0.29, 0.717) is 27.3 Å². The highest BCUT2D eigenvalue weighted by atomic mass is 32.2. The van der Waals surface area contributed by atoms with Crippen LogP contribution in [0, 0.1) is 20.8 Å². The number of amides is 2. The lowest BCUT2D eigenvalue weighted by atomic mass is 10.1. The smallest absolute Gasteiger partial charge is 0.270 e. The second-order valence-electron chi connectivity index (χ2n) is 8.58. The second kappa shape index (κ2) is 11.6. The Kier molecular flexibility index (Phi) is 8.31. The number of anilines is 2. The summed E-state index contributed by atoms with van der Waals surface area (Å²) in [6.07, 6.45) is 1.78. The van der Waals surface area contributed by atoms with Crippen LogP contribution in [0.1, 0.15) is 29.2 Å². The van der Waals surface area contributed by atoms with Gasteiger partial charge in [0.2, 0.25) is 0 Å². The maximum Gasteiger partial charge on any atom is 0.270 e. The molecule has 1 N–H and O–H groups in total. The molecule has 0 spiro atoms. The highest BCUT2D eigenvalue weighted by molar-refractivity contribution is 8.27. The second-order valence-corrected chi connectivity index (χ2v) is 10.3. The Balaban J connectivity index is 1.48. The van der Waals surface area contributed by atoms with E-state index in [2.05, 4.69) is 5.32 Å². The van der Waals surface area contributed by atoms with Crippen LogP contribution in [0.2, 0.25) is 0 Å². The number of hydrogen-bond donors (Lipinski definition) is 1. The van der Waals surface area contributed by atoms with Crippen LogP contribution >= 0.6 is 24.0 Å². The van der Waals surface area contributed by atoms with Gasteiger partial charge < -0.3 is 14.8 Å². The Hall–Kier alpha value is -3.62. The molecule has 1 aliphatic rings. The molecular weight excluding hydrogens is 504 g/mol. The molecule has 8 heteroatoms. The highest BCUT2D eigenvalue weighted by Crippen LogP contribution is 2.37. The number of benzene rings is 3. The maximum atomic E-state index is 13.1. The minimum absolute atomic E-state index is 0.165. The van der Waals surface area contributed by atoms with Crippen molar-refractivity contribution in [2.75, 3.05) is 23.4 Å². The lowest BCUT2D eigenvalue weighted by Gasteiger charge is -2.14. The van der Waals surface area contributed by atoms with E-state index in [0.717, 1.165) is 33.6 Å². The predicted molar refractivity (Wildman–Crippen MR) is 154 cm³/mol. The molecule has 1 saturated heterocycles. The minimum atomic E-state index is -0.264. The van der Waals surface area contributed by atoms with Gasteiger partial charge in [0.15, 0.2) is 22.4 Å². The Morgan fingerprint density at radius 3 is 2.51 bits per heavy atom. The normalized spacial score (nSPS) is 14.3. The minimum Gasteiger partial charge on any atom is -0.490 e. The summed E-state index contributed by atoms with van der Waals surface area (Å²) >= 11 is 6.74. The molecule has 0 aliphatic carbocycles. The summed E-state index contributed by atoms with van der Waals surface area (Å²) in [4.78, 5) is 27.7. The van der Waals surface area contributed by atoms with Crippen LogP contribution in [0.5, 0.6) is 11.5 Å². The number of nitrogens with zero attached hydrogens (tertiary/aromatic N) is 1. The van der Waals surface area contributed by atoms with Crippen molar-refractivity contribution in [2.24, 2.45) is 0 Å². The molecule has 1 aliphatic heterocycles. The van der Waals surface area contributed by atoms with E-state index in [1.165, 1.54) is 11.8 Å². The van der Waals surface area contributed by atoms with Crippen molar-refractivity contribution in [1.29, 1.82) is 0 Å². The van der Waals surface area contributed by atoms with Crippen LogP contribution in [0.3, 0.4) is 0 Å². The fourth-order valence-corrected chi connectivity index (χ4v) is 5.05. The first kappa shape index (κ1) is 26.4. The van der Waals surface area contributed by atoms with Gasteiger partial charge in [0.25, 0.3) is 11.8 Å². The Bertz CT molecular complexity index is 1380. The molecule has 190 valence electrons. The van der Waals surface area contributed by atoms with Gasteiger partial charge >= 0.3 is 0 Å². The molecule has 0 unspecified atom stereocenters. The quantitative estimate of drug-likeness (QED) is 0.266. The monoisotopic (exact) mass is 532 g/mol. The van der Waals surface area contributed by atoms with E-state index >= 15 is 0 Å². The molecule has 2 amide bonds. The number of rotatable bonds is 8. The van der Waals surface area contributed by atoms with Gasteiger partial charge in [0.1, 0.15) is 0 Å². The summed E-state index contributed by atoms with van der Waals surface area (Å²) < 4.78 is 12.0. The average Bonchev–Trinajstić information content (AvgIpc) is 3.14. The van der Waals surface area contributed by atoms with E-state index in [1.807, 2.05) is 76.2 Å². The highest BCUT2D eigenvalue weighted by Gasteiger charge is 2.33. The van der Waals surface area contributed by atoms with Crippen molar-refractivity contribution in [3.8, 4) is 11.5 Å². The van der Waals surface area contributed by atoms with E-state index < -0.39 is 0 Å². The Labute approximate surface area is 226 Å². The third-order valence-corrected chi connectivity index (χ3v) is 7.19. The molecule has 0 radical (unpaired) electrons. The number of thiocarbonyl (C=S) groups is 1. The van der Waals surface area contributed by atoms with Crippen molar-refractivity contribution in [1.82, 2.24) is 0 Å². The van der Waals surface area contributed by atoms with E-state index in [9.17, 15) is 9.59 Å². The molecule has 4 rings (SSSR count). The zero-order valence-electron chi connectivity index (χ0n) is 21.2. The number of aryl methyl sites for hydroxylation is 2. The lowest BCUT2D eigenvalue weighted by Crippen LogP contribution is -2.27. The average molecular weight is 533 g/mol. The van der Waals surface area contributed by atoms with E-state index in [1.54, 1.807) is 23.1 Å². The van der Waals surface area contributed by atoms with Crippen LogP contribution in [0.15, 0.2) is 65.6 Å². The van der Waals surface area contributed by atoms with Gasteiger partial charge in [-0.3, -0.25) is 14.5 Å². The van der Waals surface area contributed by atoms with Crippen LogP contribution in [0.25, 0.3) is 6.08 Å². The lowest BCUT2D eigenvalue weighted by molar-refractivity contribution is -0.118. The molecule has 0 atom stereocenters. The van der Waals surface area contributed by atoms with Gasteiger partial charge in [-0.1, -0.05) is 59.9 Å². The molecule has 0 aromatic heterocycles. The van der Waals surface area contributed by atoms with Crippen molar-refractivity contribution in [3.05, 3.63) is 87.8 Å². The molecule has 1 fully saturated rings. The first-order valence-corrected chi connectivity index (χ1v) is 13.1. The van der Waals surface area contributed by atoms with Gasteiger partial charge in [0, 0.05) is 5.69 Å². The summed E-state index contributed by atoms with van der Waals surface area (Å²) in [5.74, 6) is 0.507. The number of thioether (sulfide) groups is 1. The number of nitrogens with one attached hydrogen (secondary N) is 1. The zero-order chi connectivity index (χ0) is 26.5. The SMILES string of the molecule is CCOc1cc(/C=C2\SC(=S)N(c3ccc(C)cc3)C2=O)ccc1OCC(=O)Nc1cccc(C)c1C. The van der Waals surface area contributed by atoms with E-state index in [-0.39, 0.29) is 18.4 Å². The van der Waals surface area contributed by atoms with Crippen molar-refractivity contribution in [3.63, 3.8) is 0 Å². The number of ether oxygens (including phenoxy) is 2. The van der Waals surface area contributed by atoms with Gasteiger partial charge in [-0.25, -0.2) is 0 Å². The fourth-order valence-electron chi connectivity index (χ4n) is 3.75. The van der Waals surface area contributed by atoms with Gasteiger partial charge in [-0.05, 0) is 80.8 Å². The topological polar surface area (TPSA) is 67.9 Å². The van der Waals surface area contributed by atoms with Crippen molar-refractivity contribution in [2.45, 2.75) is 27.7 Å². The molecular formula is C29H28N2O4S2. The summed E-state index contributed by atoms with van der Waals surface area (Å²) in [6, 6.07) is 18.8. The predicted octanol–water partition coefficient (Wildman–Crippen LogP) is 6.43. The summed E-state index contributed by atoms with van der Waals surface area (Å²) in [5, 5.41) is 2.89. The summed E-state index contributed by atoms with van der Waals surface area (Å²) in [7, 11) is 0. The van der Waals surface area contributed by atoms with Crippen LogP contribution < -0.4 is 19.7 Å². The largest absolute Gasteiger partial charge is 0.490 e. The Morgan fingerprint density at radius 1 is 1.03 bits per heavy atom. The van der Waals surface area contributed by atoms with Crippen molar-refractivity contribution < 1.29 is 19.1 Å². The molecule has 1 heterocycles. The maximum absolute atomic E-state index is 13.1. The zero-order valence-corrected chi connectivity index (χ0v) is 22.8. The molecule has 3 aromatic rings. The Morgan fingerprint density at radius 2 is 1.78 bits per heavy atom. The van der Waals surface area contributed by atoms with Gasteiger partial charge in [0.05, 0.1) is 17.2 Å². The van der Waals surface area contributed by atoms with Crippen LogP contribution in [0.4, 0.5) is 11.4 Å². The van der Waals surface area contributed by atoms with E-state index in [4.69, 9.17) is 21.7 Å². The van der Waals surface area contributed by atoms with Gasteiger partial charge in [-0.15, -0.1) is 0 Å². The molecule has 0 bridgehead atoms. The first-order valence-electron chi connectivity index (χ1n) is 11.9. The summed E-state index contributed by atoms with van der Waals surface area (Å²) in [6.45, 7) is 8.08. The molecule has 6 nitrogen and oxygen atoms in total. The number of carbonyl (C=O) groups is 2. The fraction of sp³-hybridized carbons (Fsp3) is 0.207. The van der Waals surface area contributed by atoms with Crippen molar-refractivity contribution >= 4 is 57.6 Å². The standard InChI is InChI=1S/C29H28N2O4S2/c1-5-34-25-15-21(16-26-28(33)31(29(36)37-26)22-12-9-18(2)10-13-22)11-14-24(25)35-17-27(32)30-23-8-6-7-19(3)20(23)4/h6-16H,5,17H2,1-4H3,(H,30,32)/b26-16-. The first-order chi connectivity index (χ1) is 17.8. The molecule has 0 saturated carbocycles. The molecule has 37 heavy (non-hydrogen) atoms. The third kappa shape index (κ3) is 6.21. The summed E-state index contributed by atoms with van der Waals surface area (Å²) in [5.41, 5.74) is 5.50. The number of hydrogen-bond acceptors (Lipinski definition) is 6. The molecule has 3 aromatic carbocycles. The van der Waals surface area contributed by atoms with Gasteiger partial charge in [-0.2, -0.15) is 0 Å². The third-order valence-electron chi connectivity index (χ3n) is 5.89. The van der Waals surface area contributed by atoms with Crippen LogP contribution in [-0.4, -0.2) is 29.3 Å².